The Labute approximate surface area is 157 Å². The molecule has 1 aromatic heterocycles. The van der Waals surface area contributed by atoms with E-state index in [1.54, 1.807) is 6.92 Å². The summed E-state index contributed by atoms with van der Waals surface area (Å²) < 4.78 is 54.2. The van der Waals surface area contributed by atoms with Gasteiger partial charge in [0.15, 0.2) is 5.90 Å². The number of aryl methyl sites for hydroxylation is 1. The van der Waals surface area contributed by atoms with Gasteiger partial charge in [-0.2, -0.15) is 0 Å². The van der Waals surface area contributed by atoms with Crippen LogP contribution in [0.15, 0.2) is 16.9 Å². The number of aliphatic hydroxyl groups is 2. The van der Waals surface area contributed by atoms with Crippen molar-refractivity contribution >= 4 is 23.0 Å². The molecule has 28 heavy (non-hydrogen) atoms. The van der Waals surface area contributed by atoms with Gasteiger partial charge in [0, 0.05) is 17.3 Å². The Morgan fingerprint density at radius 2 is 1.86 bits per heavy atom. The number of rotatable bonds is 4. The lowest BCUT2D eigenvalue weighted by Gasteiger charge is -2.28. The van der Waals surface area contributed by atoms with Crippen molar-refractivity contribution in [1.29, 1.82) is 0 Å². The van der Waals surface area contributed by atoms with Crippen molar-refractivity contribution in [1.82, 2.24) is 4.98 Å². The summed E-state index contributed by atoms with van der Waals surface area (Å²) in [5.74, 6) is -1.17. The molecule has 0 saturated carbocycles. The smallest absolute Gasteiger partial charge is 0.387 e. The maximum absolute atomic E-state index is 12.4. The molecule has 0 spiro atoms. The maximum Gasteiger partial charge on any atom is 0.486 e. The molecular weight excluding hydrogens is 443 g/mol. The van der Waals surface area contributed by atoms with Gasteiger partial charge in [0.05, 0.1) is 6.61 Å². The molecular formula is C12H18NO12P3. The Morgan fingerprint density at radius 3 is 2.46 bits per heavy atom. The lowest BCUT2D eigenvalue weighted by Crippen LogP contribution is -2.33. The van der Waals surface area contributed by atoms with E-state index >= 15 is 0 Å². The molecule has 1 aromatic rings. The van der Waals surface area contributed by atoms with E-state index in [0.29, 0.717) is 11.3 Å². The highest BCUT2D eigenvalue weighted by molar-refractivity contribution is 7.81. The number of hydrogen-bond acceptors (Lipinski definition) is 10. The quantitative estimate of drug-likeness (QED) is 0.386. The molecule has 3 rings (SSSR count). The third-order valence-electron chi connectivity index (χ3n) is 4.07. The summed E-state index contributed by atoms with van der Waals surface area (Å²) in [5, 5.41) is 20.4. The standard InChI is InChI=1S/C12H18NO12P3/c1-6-7(2-3-9(14)13-6)12-11(16)10(15)8(23-12)4-22-27(19)5-26(17,18)24-28(20,21)25-27/h2-3,8,10-12,15-16H,4-5H2,1H3,(H,13,14)(H,17,18)(H,20,21)/t8-,10?,11?,12+,27?/m1/s1. The highest BCUT2D eigenvalue weighted by Crippen LogP contribution is 2.78. The summed E-state index contributed by atoms with van der Waals surface area (Å²) in [7, 11) is -14.3. The SMILES string of the molecule is Cc1[nH]c(=O)ccc1[C@@H]1O[C@H](COP2(=O)CP(=O)(O)OP(=O)(O)O2)C(O)C1O. The molecule has 0 amide bonds. The first-order valence-corrected chi connectivity index (χ1v) is 12.8. The van der Waals surface area contributed by atoms with Crippen LogP contribution in [0.4, 0.5) is 0 Å². The molecule has 2 aliphatic heterocycles. The number of H-pyrrole nitrogens is 1. The third kappa shape index (κ3) is 4.72. The fourth-order valence-electron chi connectivity index (χ4n) is 2.90. The topological polar surface area (TPSA) is 202 Å². The summed E-state index contributed by atoms with van der Waals surface area (Å²) in [6.07, 6.45) is -5.24. The zero-order valence-corrected chi connectivity index (χ0v) is 17.0. The van der Waals surface area contributed by atoms with Crippen LogP contribution < -0.4 is 5.56 Å². The van der Waals surface area contributed by atoms with Crippen LogP contribution in [0.2, 0.25) is 0 Å². The van der Waals surface area contributed by atoms with Gasteiger partial charge in [-0.1, -0.05) is 0 Å². The lowest BCUT2D eigenvalue weighted by molar-refractivity contribution is -0.0190. The van der Waals surface area contributed by atoms with Crippen LogP contribution in [-0.2, 0) is 31.6 Å². The first-order valence-electron chi connectivity index (χ1n) is 7.83. The molecule has 158 valence electrons. The van der Waals surface area contributed by atoms with Gasteiger partial charge in [-0.15, -0.1) is 0 Å². The Balaban J connectivity index is 1.73. The normalized spacial score (nSPS) is 43.9. The van der Waals surface area contributed by atoms with Crippen molar-refractivity contribution in [3.63, 3.8) is 0 Å². The van der Waals surface area contributed by atoms with Crippen LogP contribution >= 0.6 is 23.0 Å². The van der Waals surface area contributed by atoms with Crippen molar-refractivity contribution in [2.45, 2.75) is 31.3 Å². The van der Waals surface area contributed by atoms with Gasteiger partial charge in [-0.25, -0.2) is 13.2 Å². The number of ether oxygens (including phenoxy) is 1. The summed E-state index contributed by atoms with van der Waals surface area (Å²) in [5.41, 5.74) is 0.418. The molecule has 3 heterocycles. The van der Waals surface area contributed by atoms with E-state index in [2.05, 4.69) is 13.6 Å². The summed E-state index contributed by atoms with van der Waals surface area (Å²) in [4.78, 5) is 32.5. The number of hydrogen-bond donors (Lipinski definition) is 5. The van der Waals surface area contributed by atoms with Gasteiger partial charge in [-0.3, -0.25) is 13.9 Å². The minimum atomic E-state index is -5.08. The van der Waals surface area contributed by atoms with Crippen molar-refractivity contribution in [3.8, 4) is 0 Å². The second kappa shape index (κ2) is 7.54. The summed E-state index contributed by atoms with van der Waals surface area (Å²) in [6.45, 7) is 0.878. The fourth-order valence-corrected chi connectivity index (χ4v) is 9.81. The van der Waals surface area contributed by atoms with Gasteiger partial charge in [0.25, 0.3) is 0 Å². The average Bonchev–Trinajstić information content (AvgIpc) is 2.78. The van der Waals surface area contributed by atoms with Crippen LogP contribution in [0, 0.1) is 6.92 Å². The van der Waals surface area contributed by atoms with E-state index in [9.17, 15) is 38.5 Å². The van der Waals surface area contributed by atoms with Gasteiger partial charge in [-0.05, 0) is 13.0 Å². The Bertz CT molecular complexity index is 933. The van der Waals surface area contributed by atoms with E-state index in [1.165, 1.54) is 12.1 Å². The molecule has 0 aromatic carbocycles. The minimum absolute atomic E-state index is 0.370. The molecule has 0 aliphatic carbocycles. The van der Waals surface area contributed by atoms with E-state index in [-0.39, 0.29) is 5.56 Å². The number of nitrogens with one attached hydrogen (secondary N) is 1. The predicted molar refractivity (Wildman–Crippen MR) is 91.7 cm³/mol. The number of aromatic amines is 1. The van der Waals surface area contributed by atoms with E-state index in [0.717, 1.165) is 0 Å². The zero-order chi connectivity index (χ0) is 20.9. The molecule has 2 aliphatic rings. The maximum atomic E-state index is 12.4. The van der Waals surface area contributed by atoms with Crippen LogP contribution in [0.3, 0.4) is 0 Å². The predicted octanol–water partition coefficient (Wildman–Crippen LogP) is 0.345. The number of phosphoric acid groups is 1. The molecule has 2 saturated heterocycles. The van der Waals surface area contributed by atoms with Crippen LogP contribution in [0.5, 0.6) is 0 Å². The van der Waals surface area contributed by atoms with E-state index < -0.39 is 59.9 Å². The molecule has 5 N–H and O–H groups in total. The number of aromatic nitrogens is 1. The largest absolute Gasteiger partial charge is 0.486 e. The fraction of sp³-hybridized carbons (Fsp3) is 0.583. The molecule has 16 heteroatoms. The van der Waals surface area contributed by atoms with Crippen molar-refractivity contribution in [2.75, 3.05) is 12.5 Å². The molecule has 5 unspecified atom stereocenters. The zero-order valence-electron chi connectivity index (χ0n) is 14.3. The van der Waals surface area contributed by atoms with E-state index in [1.807, 2.05) is 0 Å². The molecule has 7 atom stereocenters. The van der Waals surface area contributed by atoms with Gasteiger partial charge in [0.1, 0.15) is 24.4 Å². The van der Waals surface area contributed by atoms with Gasteiger partial charge >= 0.3 is 23.0 Å². The first-order chi connectivity index (χ1) is 12.8. The highest BCUT2D eigenvalue weighted by Gasteiger charge is 2.53. The molecule has 2 fully saturated rings. The third-order valence-corrected chi connectivity index (χ3v) is 11.1. The van der Waals surface area contributed by atoms with Gasteiger partial charge < -0.3 is 34.2 Å². The van der Waals surface area contributed by atoms with Crippen molar-refractivity contribution in [2.24, 2.45) is 0 Å². The monoisotopic (exact) mass is 461 g/mol. The number of aliphatic hydroxyl groups excluding tert-OH is 2. The molecule has 13 nitrogen and oxygen atoms in total. The second-order valence-corrected chi connectivity index (χ2v) is 12.4. The van der Waals surface area contributed by atoms with Crippen LogP contribution in [0.25, 0.3) is 0 Å². The van der Waals surface area contributed by atoms with Crippen molar-refractivity contribution in [3.05, 3.63) is 33.7 Å². The first kappa shape index (κ1) is 22.0. The average molecular weight is 461 g/mol. The van der Waals surface area contributed by atoms with Crippen molar-refractivity contribution < 1.29 is 51.6 Å². The Morgan fingerprint density at radius 1 is 1.18 bits per heavy atom. The molecule has 0 bridgehead atoms. The summed E-state index contributed by atoms with van der Waals surface area (Å²) >= 11 is 0. The Kier molecular flexibility index (Phi) is 5.93. The van der Waals surface area contributed by atoms with Gasteiger partial charge in [0.2, 0.25) is 5.56 Å². The highest BCUT2D eigenvalue weighted by atomic mass is 31.3. The summed E-state index contributed by atoms with van der Waals surface area (Å²) in [6, 6.07) is 2.62. The van der Waals surface area contributed by atoms with E-state index in [4.69, 9.17) is 9.26 Å². The number of pyridine rings is 1. The lowest BCUT2D eigenvalue weighted by atomic mass is 10.0. The van der Waals surface area contributed by atoms with Crippen LogP contribution in [-0.4, -0.2) is 55.8 Å². The second-order valence-electron chi connectivity index (χ2n) is 6.30. The molecule has 0 radical (unpaired) electrons. The van der Waals surface area contributed by atoms with Crippen LogP contribution in [0.1, 0.15) is 17.4 Å². The minimum Gasteiger partial charge on any atom is -0.387 e. The Hall–Kier alpha value is -0.680.